The second-order valence-electron chi connectivity index (χ2n) is 2.46. The third-order valence-electron chi connectivity index (χ3n) is 1.55. The zero-order valence-electron chi connectivity index (χ0n) is 4.25. The normalized spacial score (nSPS) is 49.3. The van der Waals surface area contributed by atoms with E-state index in [0.717, 1.165) is 6.42 Å². The van der Waals surface area contributed by atoms with Crippen molar-refractivity contribution < 1.29 is 0 Å². The molecule has 0 radical (unpaired) electrons. The van der Waals surface area contributed by atoms with Gasteiger partial charge in [-0.2, -0.15) is 0 Å². The monoisotopic (exact) mass is 138 g/mol. The second kappa shape index (κ2) is 1.53. The van der Waals surface area contributed by atoms with Crippen LogP contribution in [0, 0.1) is 5.41 Å². The van der Waals surface area contributed by atoms with E-state index in [-0.39, 0.29) is 5.41 Å². The lowest BCUT2D eigenvalue weighted by Crippen LogP contribution is -1.97. The van der Waals surface area contributed by atoms with Crippen LogP contribution in [-0.2, 0) is 0 Å². The summed E-state index contributed by atoms with van der Waals surface area (Å²) in [6.45, 7) is 2.11. The summed E-state index contributed by atoms with van der Waals surface area (Å²) >= 11 is 11.3. The molecule has 0 aliphatic heterocycles. The molecule has 0 aromatic rings. The number of alkyl halides is 2. The van der Waals surface area contributed by atoms with Gasteiger partial charge in [0.1, 0.15) is 0 Å². The Morgan fingerprint density at radius 1 is 1.86 bits per heavy atom. The Balaban J connectivity index is 2.36. The van der Waals surface area contributed by atoms with Gasteiger partial charge >= 0.3 is 0 Å². The molecule has 0 aromatic heterocycles. The van der Waals surface area contributed by atoms with E-state index in [0.29, 0.717) is 11.3 Å². The fraction of sp³-hybridized carbons (Fsp3) is 1.00. The Morgan fingerprint density at radius 2 is 2.29 bits per heavy atom. The van der Waals surface area contributed by atoms with Crippen LogP contribution in [0.25, 0.3) is 0 Å². The summed E-state index contributed by atoms with van der Waals surface area (Å²) < 4.78 is 0. The zero-order chi connectivity index (χ0) is 5.49. The summed E-state index contributed by atoms with van der Waals surface area (Å²) in [4.78, 5) is 0. The first-order chi connectivity index (χ1) is 3.19. The highest BCUT2D eigenvalue weighted by atomic mass is 35.5. The summed E-state index contributed by atoms with van der Waals surface area (Å²) in [5.74, 6) is 0.709. The van der Waals surface area contributed by atoms with Gasteiger partial charge in [-0.1, -0.05) is 6.92 Å². The molecule has 0 bridgehead atoms. The van der Waals surface area contributed by atoms with Crippen LogP contribution < -0.4 is 0 Å². The number of halogens is 2. The van der Waals surface area contributed by atoms with Gasteiger partial charge in [0.15, 0.2) is 0 Å². The largest absolute Gasteiger partial charge is 0.126 e. The van der Waals surface area contributed by atoms with E-state index in [2.05, 4.69) is 6.92 Å². The molecule has 1 aliphatic rings. The number of hydrogen-bond donors (Lipinski definition) is 0. The third-order valence-corrected chi connectivity index (χ3v) is 2.84. The Kier molecular flexibility index (Phi) is 1.25. The molecule has 0 saturated heterocycles. The average Bonchev–Trinajstić information content (AvgIpc) is 2.18. The first kappa shape index (κ1) is 5.71. The van der Waals surface area contributed by atoms with Gasteiger partial charge in [0.05, 0.1) is 0 Å². The lowest BCUT2D eigenvalue weighted by molar-refractivity contribution is 0.664. The minimum atomic E-state index is 0.281. The summed E-state index contributed by atoms with van der Waals surface area (Å²) in [5, 5.41) is 0.352. The van der Waals surface area contributed by atoms with Crippen LogP contribution in [0.3, 0.4) is 0 Å². The topological polar surface area (TPSA) is 0 Å². The molecular formula is C5H8Cl2. The van der Waals surface area contributed by atoms with Crippen LogP contribution in [0.15, 0.2) is 0 Å². The van der Waals surface area contributed by atoms with Gasteiger partial charge < -0.3 is 0 Å². The maximum absolute atomic E-state index is 5.71. The van der Waals surface area contributed by atoms with Crippen molar-refractivity contribution in [3.8, 4) is 0 Å². The second-order valence-corrected chi connectivity index (χ2v) is 3.25. The quantitative estimate of drug-likeness (QED) is 0.488. The molecule has 0 spiro atoms. The van der Waals surface area contributed by atoms with Crippen molar-refractivity contribution in [2.24, 2.45) is 5.41 Å². The van der Waals surface area contributed by atoms with Gasteiger partial charge in [0, 0.05) is 11.3 Å². The molecule has 1 aliphatic carbocycles. The molecule has 2 heteroatoms. The van der Waals surface area contributed by atoms with Crippen LogP contribution in [0.4, 0.5) is 0 Å². The van der Waals surface area contributed by atoms with Crippen LogP contribution in [0.5, 0.6) is 0 Å². The lowest BCUT2D eigenvalue weighted by Gasteiger charge is -1.97. The van der Waals surface area contributed by atoms with Crippen LogP contribution >= 0.6 is 23.2 Å². The summed E-state index contributed by atoms with van der Waals surface area (Å²) in [7, 11) is 0. The van der Waals surface area contributed by atoms with Crippen molar-refractivity contribution in [2.45, 2.75) is 18.7 Å². The Hall–Kier alpha value is 0.580. The lowest BCUT2D eigenvalue weighted by atomic mass is 10.2. The SMILES string of the molecule is C[C@@]1(CCl)C[C@@H]1Cl. The zero-order valence-corrected chi connectivity index (χ0v) is 5.76. The highest BCUT2D eigenvalue weighted by molar-refractivity contribution is 6.25. The molecule has 7 heavy (non-hydrogen) atoms. The third kappa shape index (κ3) is 0.872. The van der Waals surface area contributed by atoms with E-state index in [1.165, 1.54) is 0 Å². The molecule has 0 N–H and O–H groups in total. The highest BCUT2D eigenvalue weighted by Gasteiger charge is 2.47. The molecule has 0 aromatic carbocycles. The van der Waals surface area contributed by atoms with E-state index in [1.54, 1.807) is 0 Å². The van der Waals surface area contributed by atoms with Crippen LogP contribution in [0.2, 0.25) is 0 Å². The van der Waals surface area contributed by atoms with Crippen LogP contribution in [0.1, 0.15) is 13.3 Å². The van der Waals surface area contributed by atoms with Crippen molar-refractivity contribution in [1.82, 2.24) is 0 Å². The first-order valence-electron chi connectivity index (χ1n) is 2.39. The van der Waals surface area contributed by atoms with Gasteiger partial charge in [0.2, 0.25) is 0 Å². The smallest absolute Gasteiger partial charge is 0.0407 e. The van der Waals surface area contributed by atoms with E-state index in [4.69, 9.17) is 23.2 Å². The minimum absolute atomic E-state index is 0.281. The number of hydrogen-bond acceptors (Lipinski definition) is 0. The maximum Gasteiger partial charge on any atom is 0.0407 e. The molecule has 0 heterocycles. The molecule has 0 amide bonds. The molecule has 1 rings (SSSR count). The van der Waals surface area contributed by atoms with Crippen molar-refractivity contribution in [3.05, 3.63) is 0 Å². The Morgan fingerprint density at radius 3 is 2.29 bits per heavy atom. The van der Waals surface area contributed by atoms with E-state index >= 15 is 0 Å². The molecule has 1 fully saturated rings. The van der Waals surface area contributed by atoms with Gasteiger partial charge in [-0.05, 0) is 11.8 Å². The van der Waals surface area contributed by atoms with Gasteiger partial charge in [0.25, 0.3) is 0 Å². The van der Waals surface area contributed by atoms with E-state index in [1.807, 2.05) is 0 Å². The fourth-order valence-corrected chi connectivity index (χ4v) is 1.29. The minimum Gasteiger partial charge on any atom is -0.126 e. The first-order valence-corrected chi connectivity index (χ1v) is 3.36. The summed E-state index contributed by atoms with van der Waals surface area (Å²) in [5.41, 5.74) is 0.281. The summed E-state index contributed by atoms with van der Waals surface area (Å²) in [6.07, 6.45) is 1.10. The molecular weight excluding hydrogens is 131 g/mol. The van der Waals surface area contributed by atoms with Gasteiger partial charge in [-0.3, -0.25) is 0 Å². The summed E-state index contributed by atoms with van der Waals surface area (Å²) in [6, 6.07) is 0. The van der Waals surface area contributed by atoms with E-state index in [9.17, 15) is 0 Å². The van der Waals surface area contributed by atoms with Crippen molar-refractivity contribution in [2.75, 3.05) is 5.88 Å². The standard InChI is InChI=1S/C5H8Cl2/c1-5(3-6)2-4(5)7/h4H,2-3H2,1H3/t4-,5-/m0/s1. The number of rotatable bonds is 1. The van der Waals surface area contributed by atoms with Crippen molar-refractivity contribution >= 4 is 23.2 Å². The van der Waals surface area contributed by atoms with Crippen molar-refractivity contribution in [1.29, 1.82) is 0 Å². The molecule has 42 valence electrons. The van der Waals surface area contributed by atoms with Crippen LogP contribution in [-0.4, -0.2) is 11.3 Å². The fourth-order valence-electron chi connectivity index (χ4n) is 0.489. The molecule has 2 atom stereocenters. The highest BCUT2D eigenvalue weighted by Crippen LogP contribution is 2.50. The molecule has 0 nitrogen and oxygen atoms in total. The Bertz CT molecular complexity index is 78.1. The predicted octanol–water partition coefficient (Wildman–Crippen LogP) is 2.24. The average molecular weight is 139 g/mol. The van der Waals surface area contributed by atoms with Gasteiger partial charge in [-0.25, -0.2) is 0 Å². The van der Waals surface area contributed by atoms with Crippen molar-refractivity contribution in [3.63, 3.8) is 0 Å². The Labute approximate surface area is 53.8 Å². The maximum atomic E-state index is 5.71. The van der Waals surface area contributed by atoms with Gasteiger partial charge in [-0.15, -0.1) is 23.2 Å². The molecule has 0 unspecified atom stereocenters. The molecule has 1 saturated carbocycles. The van der Waals surface area contributed by atoms with E-state index < -0.39 is 0 Å². The predicted molar refractivity (Wildman–Crippen MR) is 33.1 cm³/mol.